The van der Waals surface area contributed by atoms with Crippen LogP contribution < -0.4 is 5.32 Å². The van der Waals surface area contributed by atoms with Crippen LogP contribution in [0.15, 0.2) is 0 Å². The monoisotopic (exact) mass is 270 g/mol. The van der Waals surface area contributed by atoms with Crippen molar-refractivity contribution in [1.82, 2.24) is 10.2 Å². The molecule has 0 spiro atoms. The molecule has 0 aromatic carbocycles. The second-order valence-electron chi connectivity index (χ2n) is 4.68. The minimum absolute atomic E-state index is 0.130. The van der Waals surface area contributed by atoms with Crippen LogP contribution in [0.5, 0.6) is 0 Å². The molecule has 1 fully saturated rings. The molecule has 2 N–H and O–H groups in total. The quantitative estimate of drug-likeness (QED) is 0.462. The largest absolute Gasteiger partial charge is 0.396 e. The average molecular weight is 270 g/mol. The van der Waals surface area contributed by atoms with Gasteiger partial charge in [0.2, 0.25) is 17.7 Å². The summed E-state index contributed by atoms with van der Waals surface area (Å²) in [7, 11) is 0. The maximum Gasteiger partial charge on any atom is 0.229 e. The van der Waals surface area contributed by atoms with Crippen LogP contribution in [0, 0.1) is 0 Å². The van der Waals surface area contributed by atoms with E-state index in [1.54, 1.807) is 0 Å². The fraction of sp³-hybridized carbons (Fsp3) is 0.769. The zero-order valence-corrected chi connectivity index (χ0v) is 11.2. The van der Waals surface area contributed by atoms with E-state index in [9.17, 15) is 14.4 Å². The highest BCUT2D eigenvalue weighted by Crippen LogP contribution is 2.11. The lowest BCUT2D eigenvalue weighted by Gasteiger charge is -2.13. The van der Waals surface area contributed by atoms with Crippen LogP contribution in [0.25, 0.3) is 0 Å². The number of aliphatic hydroxyl groups is 1. The first-order valence-corrected chi connectivity index (χ1v) is 6.86. The number of unbranched alkanes of at least 4 members (excludes halogenated alkanes) is 3. The topological polar surface area (TPSA) is 86.7 Å². The number of amides is 3. The number of nitrogens with zero attached hydrogens (tertiary/aromatic N) is 1. The molecule has 0 radical (unpaired) electrons. The van der Waals surface area contributed by atoms with Crippen LogP contribution in [0.2, 0.25) is 0 Å². The molecule has 0 unspecified atom stereocenters. The molecule has 108 valence electrons. The van der Waals surface area contributed by atoms with Crippen LogP contribution in [0.4, 0.5) is 0 Å². The minimum atomic E-state index is -0.179. The van der Waals surface area contributed by atoms with Gasteiger partial charge in [-0.25, -0.2) is 0 Å². The first-order chi connectivity index (χ1) is 9.15. The second-order valence-corrected chi connectivity index (χ2v) is 4.68. The van der Waals surface area contributed by atoms with Gasteiger partial charge in [0.05, 0.1) is 0 Å². The molecular weight excluding hydrogens is 248 g/mol. The lowest BCUT2D eigenvalue weighted by molar-refractivity contribution is -0.138. The summed E-state index contributed by atoms with van der Waals surface area (Å²) in [6.07, 6.45) is 4.33. The fourth-order valence-corrected chi connectivity index (χ4v) is 1.99. The number of rotatable bonds is 9. The third kappa shape index (κ3) is 5.83. The van der Waals surface area contributed by atoms with Crippen LogP contribution in [0.3, 0.4) is 0 Å². The Morgan fingerprint density at radius 1 is 1.11 bits per heavy atom. The van der Waals surface area contributed by atoms with Gasteiger partial charge in [0, 0.05) is 39.0 Å². The van der Waals surface area contributed by atoms with Crippen molar-refractivity contribution in [2.24, 2.45) is 0 Å². The smallest absolute Gasteiger partial charge is 0.229 e. The van der Waals surface area contributed by atoms with Crippen molar-refractivity contribution in [2.45, 2.75) is 44.9 Å². The molecule has 3 amide bonds. The number of carbonyl (C=O) groups is 3. The maximum atomic E-state index is 11.5. The standard InChI is InChI=1S/C13H22N2O4/c16-10-4-2-1-3-8-14-11(17)7-9-15-12(18)5-6-13(15)19/h16H,1-10H2,(H,14,17). The molecule has 0 aliphatic carbocycles. The molecule has 6 heteroatoms. The lowest BCUT2D eigenvalue weighted by atomic mass is 10.2. The van der Waals surface area contributed by atoms with Crippen molar-refractivity contribution in [1.29, 1.82) is 0 Å². The van der Waals surface area contributed by atoms with Gasteiger partial charge in [-0.05, 0) is 12.8 Å². The van der Waals surface area contributed by atoms with Crippen molar-refractivity contribution in [3.63, 3.8) is 0 Å². The van der Waals surface area contributed by atoms with Crippen molar-refractivity contribution >= 4 is 17.7 Å². The van der Waals surface area contributed by atoms with Gasteiger partial charge in [-0.15, -0.1) is 0 Å². The lowest BCUT2D eigenvalue weighted by Crippen LogP contribution is -2.34. The number of aliphatic hydroxyl groups excluding tert-OH is 1. The van der Waals surface area contributed by atoms with E-state index >= 15 is 0 Å². The Labute approximate surface area is 113 Å². The first-order valence-electron chi connectivity index (χ1n) is 6.86. The van der Waals surface area contributed by atoms with Gasteiger partial charge in [-0.1, -0.05) is 12.8 Å². The summed E-state index contributed by atoms with van der Waals surface area (Å²) in [5.74, 6) is -0.488. The number of imide groups is 1. The third-order valence-corrected chi connectivity index (χ3v) is 3.12. The Morgan fingerprint density at radius 3 is 2.37 bits per heavy atom. The highest BCUT2D eigenvalue weighted by atomic mass is 16.3. The summed E-state index contributed by atoms with van der Waals surface area (Å²) >= 11 is 0. The Kier molecular flexibility index (Phi) is 7.10. The molecule has 19 heavy (non-hydrogen) atoms. The molecule has 0 atom stereocenters. The minimum Gasteiger partial charge on any atom is -0.396 e. The normalized spacial score (nSPS) is 15.1. The fourth-order valence-electron chi connectivity index (χ4n) is 1.99. The average Bonchev–Trinajstić information content (AvgIpc) is 2.71. The number of hydrogen-bond donors (Lipinski definition) is 2. The van der Waals surface area contributed by atoms with E-state index in [0.29, 0.717) is 6.54 Å². The summed E-state index contributed by atoms with van der Waals surface area (Å²) in [6.45, 7) is 1.00. The van der Waals surface area contributed by atoms with E-state index < -0.39 is 0 Å². The first kappa shape index (κ1) is 15.6. The Balaban J connectivity index is 2.05. The van der Waals surface area contributed by atoms with E-state index in [-0.39, 0.29) is 50.1 Å². The van der Waals surface area contributed by atoms with E-state index in [0.717, 1.165) is 25.7 Å². The van der Waals surface area contributed by atoms with Crippen molar-refractivity contribution in [3.05, 3.63) is 0 Å². The van der Waals surface area contributed by atoms with Gasteiger partial charge >= 0.3 is 0 Å². The van der Waals surface area contributed by atoms with Crippen LogP contribution >= 0.6 is 0 Å². The van der Waals surface area contributed by atoms with Crippen molar-refractivity contribution in [2.75, 3.05) is 19.7 Å². The molecule has 0 saturated carbocycles. The van der Waals surface area contributed by atoms with E-state index in [1.165, 1.54) is 4.90 Å². The van der Waals surface area contributed by atoms with Gasteiger partial charge < -0.3 is 10.4 Å². The number of hydrogen-bond acceptors (Lipinski definition) is 4. The molecular formula is C13H22N2O4. The molecule has 1 rings (SSSR count). The van der Waals surface area contributed by atoms with E-state index in [4.69, 9.17) is 5.11 Å². The molecule has 6 nitrogen and oxygen atoms in total. The predicted octanol–water partition coefficient (Wildman–Crippen LogP) is 0.194. The van der Waals surface area contributed by atoms with Crippen LogP contribution in [-0.4, -0.2) is 47.4 Å². The molecule has 0 aromatic heterocycles. The SMILES string of the molecule is O=C(CCN1C(=O)CCC1=O)NCCCCCCO. The molecule has 1 aliphatic heterocycles. The zero-order chi connectivity index (χ0) is 14.1. The summed E-state index contributed by atoms with van der Waals surface area (Å²) < 4.78 is 0. The Hall–Kier alpha value is -1.43. The summed E-state index contributed by atoms with van der Waals surface area (Å²) in [5.41, 5.74) is 0. The Morgan fingerprint density at radius 2 is 1.74 bits per heavy atom. The van der Waals surface area contributed by atoms with Crippen LogP contribution in [0.1, 0.15) is 44.9 Å². The number of nitrogens with one attached hydrogen (secondary N) is 1. The summed E-state index contributed by atoms with van der Waals surface area (Å²) in [4.78, 5) is 35.3. The Bertz CT molecular complexity index is 315. The maximum absolute atomic E-state index is 11.5. The van der Waals surface area contributed by atoms with Gasteiger partial charge in [0.25, 0.3) is 0 Å². The molecule has 1 heterocycles. The zero-order valence-electron chi connectivity index (χ0n) is 11.2. The van der Waals surface area contributed by atoms with Crippen LogP contribution in [-0.2, 0) is 14.4 Å². The van der Waals surface area contributed by atoms with Gasteiger partial charge in [-0.3, -0.25) is 19.3 Å². The molecule has 0 aromatic rings. The highest BCUT2D eigenvalue weighted by molar-refractivity contribution is 6.02. The molecule has 1 saturated heterocycles. The van der Waals surface area contributed by atoms with E-state index in [2.05, 4.69) is 5.32 Å². The van der Waals surface area contributed by atoms with Gasteiger partial charge in [0.15, 0.2) is 0 Å². The number of likely N-dealkylation sites (tertiary alicyclic amines) is 1. The molecule has 1 aliphatic rings. The second kappa shape index (κ2) is 8.63. The summed E-state index contributed by atoms with van der Waals surface area (Å²) in [5, 5.41) is 11.4. The predicted molar refractivity (Wildman–Crippen MR) is 69.1 cm³/mol. The van der Waals surface area contributed by atoms with E-state index in [1.807, 2.05) is 0 Å². The number of carbonyl (C=O) groups excluding carboxylic acids is 3. The summed E-state index contributed by atoms with van der Waals surface area (Å²) in [6, 6.07) is 0. The van der Waals surface area contributed by atoms with Gasteiger partial charge in [0.1, 0.15) is 0 Å². The van der Waals surface area contributed by atoms with Gasteiger partial charge in [-0.2, -0.15) is 0 Å². The van der Waals surface area contributed by atoms with Crippen molar-refractivity contribution < 1.29 is 19.5 Å². The van der Waals surface area contributed by atoms with Crippen molar-refractivity contribution in [3.8, 4) is 0 Å². The highest BCUT2D eigenvalue weighted by Gasteiger charge is 2.28. The molecule has 0 bridgehead atoms. The third-order valence-electron chi connectivity index (χ3n) is 3.12.